The predicted octanol–water partition coefficient (Wildman–Crippen LogP) is 2.24. The molecule has 0 aromatic heterocycles. The molecule has 0 atom stereocenters. The van der Waals surface area contributed by atoms with Crippen LogP contribution in [0.1, 0.15) is 10.4 Å². The average molecular weight is 267 g/mol. The Hall–Kier alpha value is -0.740. The lowest BCUT2D eigenvalue weighted by atomic mass is 10.2. The van der Waals surface area contributed by atoms with Crippen molar-refractivity contribution in [1.82, 2.24) is 0 Å². The van der Waals surface area contributed by atoms with Crippen LogP contribution in [0, 0.1) is 0 Å². The fourth-order valence-electron chi connectivity index (χ4n) is 0.815. The van der Waals surface area contributed by atoms with E-state index in [4.69, 9.17) is 5.73 Å². The van der Waals surface area contributed by atoms with Gasteiger partial charge in [-0.25, -0.2) is 4.79 Å². The molecule has 0 spiro atoms. The molecule has 13 heavy (non-hydrogen) atoms. The first-order valence-corrected chi connectivity index (χ1v) is 4.08. The van der Waals surface area contributed by atoms with Crippen molar-refractivity contribution in [3.8, 4) is 0 Å². The van der Waals surface area contributed by atoms with Gasteiger partial charge in [0, 0.05) is 10.2 Å². The minimum Gasteiger partial charge on any atom is -0.465 e. The summed E-state index contributed by atoms with van der Waals surface area (Å²) < 4.78 is 5.34. The summed E-state index contributed by atoms with van der Waals surface area (Å²) in [6, 6.07) is 5.04. The van der Waals surface area contributed by atoms with Crippen LogP contribution < -0.4 is 5.73 Å². The highest BCUT2D eigenvalue weighted by molar-refractivity contribution is 9.10. The molecule has 0 aliphatic heterocycles. The van der Waals surface area contributed by atoms with E-state index < -0.39 is 5.97 Å². The SMILES string of the molecule is COC(=O)c1cc(Br)ccc1N.Cl. The van der Waals surface area contributed by atoms with Crippen molar-refractivity contribution in [1.29, 1.82) is 0 Å². The molecule has 0 fully saturated rings. The second-order valence-corrected chi connectivity index (χ2v) is 3.14. The zero-order chi connectivity index (χ0) is 9.14. The van der Waals surface area contributed by atoms with Crippen LogP contribution in [0.5, 0.6) is 0 Å². The summed E-state index contributed by atoms with van der Waals surface area (Å²) >= 11 is 3.23. The van der Waals surface area contributed by atoms with Crippen molar-refractivity contribution in [2.24, 2.45) is 0 Å². The molecular weight excluding hydrogens is 257 g/mol. The largest absolute Gasteiger partial charge is 0.465 e. The number of nitrogens with two attached hydrogens (primary N) is 1. The molecule has 1 aromatic carbocycles. The fraction of sp³-hybridized carbons (Fsp3) is 0.125. The van der Waals surface area contributed by atoms with Crippen LogP contribution >= 0.6 is 28.3 Å². The summed E-state index contributed by atoms with van der Waals surface area (Å²) in [4.78, 5) is 11.1. The molecule has 5 heteroatoms. The number of nitrogen functional groups attached to an aromatic ring is 1. The Labute approximate surface area is 90.8 Å². The highest BCUT2D eigenvalue weighted by atomic mass is 79.9. The van der Waals surface area contributed by atoms with Gasteiger partial charge in [0.15, 0.2) is 0 Å². The van der Waals surface area contributed by atoms with Crippen molar-refractivity contribution in [2.45, 2.75) is 0 Å². The van der Waals surface area contributed by atoms with Gasteiger partial charge in [-0.2, -0.15) is 0 Å². The number of ether oxygens (including phenoxy) is 1. The number of esters is 1. The Morgan fingerprint density at radius 3 is 2.69 bits per heavy atom. The van der Waals surface area contributed by atoms with Crippen LogP contribution in [0.3, 0.4) is 0 Å². The number of carbonyl (C=O) groups is 1. The minimum atomic E-state index is -0.422. The molecular formula is C8H9BrClNO2. The molecule has 1 rings (SSSR count). The topological polar surface area (TPSA) is 52.3 Å². The van der Waals surface area contributed by atoms with E-state index in [9.17, 15) is 4.79 Å². The highest BCUT2D eigenvalue weighted by Gasteiger charge is 2.09. The van der Waals surface area contributed by atoms with Gasteiger partial charge in [-0.05, 0) is 18.2 Å². The zero-order valence-corrected chi connectivity index (χ0v) is 9.31. The van der Waals surface area contributed by atoms with Crippen LogP contribution in [0.15, 0.2) is 22.7 Å². The second-order valence-electron chi connectivity index (χ2n) is 2.22. The van der Waals surface area contributed by atoms with Crippen LogP contribution in [-0.2, 0) is 4.74 Å². The Kier molecular flexibility index (Phi) is 4.80. The lowest BCUT2D eigenvalue weighted by molar-refractivity contribution is 0.0602. The number of halogens is 2. The molecule has 2 N–H and O–H groups in total. The summed E-state index contributed by atoms with van der Waals surface area (Å²) in [7, 11) is 1.32. The Bertz CT molecular complexity index is 317. The molecule has 0 saturated heterocycles. The molecule has 0 aliphatic carbocycles. The summed E-state index contributed by atoms with van der Waals surface area (Å²) in [5, 5.41) is 0. The number of benzene rings is 1. The van der Waals surface area contributed by atoms with E-state index in [-0.39, 0.29) is 12.4 Å². The lowest BCUT2D eigenvalue weighted by Gasteiger charge is -2.02. The second kappa shape index (κ2) is 5.09. The van der Waals surface area contributed by atoms with Crippen molar-refractivity contribution >= 4 is 40.0 Å². The first-order valence-electron chi connectivity index (χ1n) is 3.28. The quantitative estimate of drug-likeness (QED) is 0.626. The molecule has 0 radical (unpaired) electrons. The normalized spacial score (nSPS) is 8.77. The summed E-state index contributed by atoms with van der Waals surface area (Å²) in [6.45, 7) is 0. The summed E-state index contributed by atoms with van der Waals surface area (Å²) in [6.07, 6.45) is 0. The third kappa shape index (κ3) is 2.90. The van der Waals surface area contributed by atoms with E-state index >= 15 is 0 Å². The van der Waals surface area contributed by atoms with Crippen LogP contribution in [0.2, 0.25) is 0 Å². The summed E-state index contributed by atoms with van der Waals surface area (Å²) in [5.74, 6) is -0.422. The fourth-order valence-corrected chi connectivity index (χ4v) is 1.18. The van der Waals surface area contributed by atoms with E-state index in [2.05, 4.69) is 20.7 Å². The van der Waals surface area contributed by atoms with Gasteiger partial charge in [-0.15, -0.1) is 12.4 Å². The monoisotopic (exact) mass is 265 g/mol. The van der Waals surface area contributed by atoms with Gasteiger partial charge in [0.05, 0.1) is 12.7 Å². The Morgan fingerprint density at radius 2 is 2.15 bits per heavy atom. The van der Waals surface area contributed by atoms with Crippen molar-refractivity contribution in [3.63, 3.8) is 0 Å². The van der Waals surface area contributed by atoms with Crippen molar-refractivity contribution in [3.05, 3.63) is 28.2 Å². The predicted molar refractivity (Wildman–Crippen MR) is 57.1 cm³/mol. The van der Waals surface area contributed by atoms with E-state index in [1.807, 2.05) is 0 Å². The number of hydrogen-bond donors (Lipinski definition) is 1. The smallest absolute Gasteiger partial charge is 0.339 e. The molecule has 0 amide bonds. The number of rotatable bonds is 1. The van der Waals surface area contributed by atoms with Gasteiger partial charge in [0.2, 0.25) is 0 Å². The van der Waals surface area contributed by atoms with E-state index in [1.165, 1.54) is 7.11 Å². The third-order valence-electron chi connectivity index (χ3n) is 1.42. The van der Waals surface area contributed by atoms with Crippen LogP contribution in [-0.4, -0.2) is 13.1 Å². The summed E-state index contributed by atoms with van der Waals surface area (Å²) in [5.41, 5.74) is 6.35. The molecule has 0 heterocycles. The van der Waals surface area contributed by atoms with Crippen LogP contribution in [0.25, 0.3) is 0 Å². The van der Waals surface area contributed by atoms with E-state index in [0.717, 1.165) is 4.47 Å². The molecule has 0 unspecified atom stereocenters. The minimum absolute atomic E-state index is 0. The van der Waals surface area contributed by atoms with E-state index in [1.54, 1.807) is 18.2 Å². The van der Waals surface area contributed by atoms with Crippen molar-refractivity contribution in [2.75, 3.05) is 12.8 Å². The Balaban J connectivity index is 0.00000144. The molecule has 1 aromatic rings. The molecule has 0 bridgehead atoms. The van der Waals surface area contributed by atoms with Gasteiger partial charge in [0.1, 0.15) is 0 Å². The first-order chi connectivity index (χ1) is 5.65. The van der Waals surface area contributed by atoms with Gasteiger partial charge in [-0.1, -0.05) is 15.9 Å². The van der Waals surface area contributed by atoms with E-state index in [0.29, 0.717) is 11.3 Å². The number of anilines is 1. The third-order valence-corrected chi connectivity index (χ3v) is 1.91. The Morgan fingerprint density at radius 1 is 1.54 bits per heavy atom. The van der Waals surface area contributed by atoms with Gasteiger partial charge in [0.25, 0.3) is 0 Å². The first kappa shape index (κ1) is 12.3. The molecule has 0 saturated carbocycles. The molecule has 72 valence electrons. The maximum atomic E-state index is 11.1. The van der Waals surface area contributed by atoms with Crippen LogP contribution in [0.4, 0.5) is 5.69 Å². The van der Waals surface area contributed by atoms with Gasteiger partial charge >= 0.3 is 5.97 Å². The van der Waals surface area contributed by atoms with Gasteiger partial charge in [-0.3, -0.25) is 0 Å². The maximum absolute atomic E-state index is 11.1. The van der Waals surface area contributed by atoms with Gasteiger partial charge < -0.3 is 10.5 Å². The number of hydrogen-bond acceptors (Lipinski definition) is 3. The maximum Gasteiger partial charge on any atom is 0.339 e. The number of methoxy groups -OCH3 is 1. The van der Waals surface area contributed by atoms with Crippen molar-refractivity contribution < 1.29 is 9.53 Å². The number of carbonyl (C=O) groups excluding carboxylic acids is 1. The zero-order valence-electron chi connectivity index (χ0n) is 6.91. The lowest BCUT2D eigenvalue weighted by Crippen LogP contribution is -2.05. The highest BCUT2D eigenvalue weighted by Crippen LogP contribution is 2.18. The standard InChI is InChI=1S/C8H8BrNO2.ClH/c1-12-8(11)6-4-5(9)2-3-7(6)10;/h2-4H,10H2,1H3;1H. The average Bonchev–Trinajstić information content (AvgIpc) is 2.08. The molecule has 3 nitrogen and oxygen atoms in total. The molecule has 0 aliphatic rings.